The molecule has 5 heteroatoms. The standard InChI is InChI=1S/C19H22N2O3/c1-14-7-10-16(11-8-14)20-18(23)13-21(2)19(24)12-9-15-5-3-4-6-17(15)22/h3-8,10-11,22H,9,12-13H2,1-2H3,(H,20,23). The van der Waals surface area contributed by atoms with Crippen molar-refractivity contribution in [3.05, 3.63) is 59.7 Å². The average Bonchev–Trinajstić information content (AvgIpc) is 2.56. The third-order valence-electron chi connectivity index (χ3n) is 3.74. The van der Waals surface area contributed by atoms with Crippen LogP contribution >= 0.6 is 0 Å². The van der Waals surface area contributed by atoms with Crippen LogP contribution in [0.2, 0.25) is 0 Å². The Morgan fingerprint density at radius 1 is 1.08 bits per heavy atom. The van der Waals surface area contributed by atoms with E-state index in [-0.39, 0.29) is 30.5 Å². The summed E-state index contributed by atoms with van der Waals surface area (Å²) in [5.74, 6) is -0.195. The SMILES string of the molecule is Cc1ccc(NC(=O)CN(C)C(=O)CCc2ccccc2O)cc1. The quantitative estimate of drug-likeness (QED) is 0.857. The topological polar surface area (TPSA) is 69.6 Å². The van der Waals surface area contributed by atoms with Crippen molar-refractivity contribution < 1.29 is 14.7 Å². The molecule has 126 valence electrons. The molecule has 0 saturated heterocycles. The molecule has 0 aromatic heterocycles. The van der Waals surface area contributed by atoms with E-state index in [1.165, 1.54) is 4.90 Å². The summed E-state index contributed by atoms with van der Waals surface area (Å²) in [5, 5.41) is 12.5. The van der Waals surface area contributed by atoms with Crippen LogP contribution < -0.4 is 5.32 Å². The number of nitrogens with zero attached hydrogens (tertiary/aromatic N) is 1. The molecule has 2 amide bonds. The summed E-state index contributed by atoms with van der Waals surface area (Å²) in [6.07, 6.45) is 0.682. The Balaban J connectivity index is 1.81. The minimum atomic E-state index is -0.239. The second-order valence-electron chi connectivity index (χ2n) is 5.79. The molecule has 0 radical (unpaired) electrons. The van der Waals surface area contributed by atoms with Gasteiger partial charge in [0.25, 0.3) is 0 Å². The minimum Gasteiger partial charge on any atom is -0.508 e. The number of hydrogen-bond donors (Lipinski definition) is 2. The first-order valence-corrected chi connectivity index (χ1v) is 7.83. The van der Waals surface area contributed by atoms with E-state index in [9.17, 15) is 14.7 Å². The molecule has 0 saturated carbocycles. The van der Waals surface area contributed by atoms with Crippen LogP contribution in [0, 0.1) is 6.92 Å². The molecule has 0 atom stereocenters. The molecular weight excluding hydrogens is 304 g/mol. The number of aromatic hydroxyl groups is 1. The molecule has 0 heterocycles. The molecule has 0 aliphatic carbocycles. The first-order valence-electron chi connectivity index (χ1n) is 7.83. The van der Waals surface area contributed by atoms with Gasteiger partial charge in [-0.2, -0.15) is 0 Å². The second kappa shape index (κ2) is 8.15. The number of rotatable bonds is 6. The van der Waals surface area contributed by atoms with E-state index in [1.54, 1.807) is 25.2 Å². The molecule has 0 fully saturated rings. The van der Waals surface area contributed by atoms with Crippen LogP contribution in [0.4, 0.5) is 5.69 Å². The van der Waals surface area contributed by atoms with Gasteiger partial charge >= 0.3 is 0 Å². The fourth-order valence-electron chi connectivity index (χ4n) is 2.30. The van der Waals surface area contributed by atoms with Gasteiger partial charge in [-0.05, 0) is 37.1 Å². The number of para-hydroxylation sites is 1. The number of hydrogen-bond acceptors (Lipinski definition) is 3. The molecule has 5 nitrogen and oxygen atoms in total. The zero-order chi connectivity index (χ0) is 17.5. The summed E-state index contributed by atoms with van der Waals surface area (Å²) >= 11 is 0. The molecule has 0 aliphatic rings. The third-order valence-corrected chi connectivity index (χ3v) is 3.74. The Morgan fingerprint density at radius 2 is 1.75 bits per heavy atom. The van der Waals surface area contributed by atoms with Gasteiger partial charge in [-0.25, -0.2) is 0 Å². The van der Waals surface area contributed by atoms with Crippen LogP contribution in [-0.4, -0.2) is 35.4 Å². The van der Waals surface area contributed by atoms with Gasteiger partial charge in [0.2, 0.25) is 11.8 Å². The second-order valence-corrected chi connectivity index (χ2v) is 5.79. The molecule has 2 aromatic carbocycles. The van der Waals surface area contributed by atoms with Gasteiger partial charge in [0, 0.05) is 19.2 Å². The van der Waals surface area contributed by atoms with Crippen LogP contribution in [0.1, 0.15) is 17.5 Å². The number of carbonyl (C=O) groups is 2. The molecular formula is C19H22N2O3. The van der Waals surface area contributed by atoms with Crippen molar-refractivity contribution in [2.24, 2.45) is 0 Å². The zero-order valence-corrected chi connectivity index (χ0v) is 14.0. The molecule has 24 heavy (non-hydrogen) atoms. The van der Waals surface area contributed by atoms with Gasteiger partial charge in [0.1, 0.15) is 5.75 Å². The number of anilines is 1. The average molecular weight is 326 g/mol. The van der Waals surface area contributed by atoms with Crippen molar-refractivity contribution in [1.82, 2.24) is 4.90 Å². The summed E-state index contributed by atoms with van der Waals surface area (Å²) < 4.78 is 0. The minimum absolute atomic E-state index is 0.00647. The highest BCUT2D eigenvalue weighted by Crippen LogP contribution is 2.17. The van der Waals surface area contributed by atoms with E-state index < -0.39 is 0 Å². The van der Waals surface area contributed by atoms with Crippen LogP contribution in [-0.2, 0) is 16.0 Å². The van der Waals surface area contributed by atoms with E-state index in [0.717, 1.165) is 11.1 Å². The Morgan fingerprint density at radius 3 is 2.42 bits per heavy atom. The number of likely N-dealkylation sites (N-methyl/N-ethyl adjacent to an activating group) is 1. The number of nitrogens with one attached hydrogen (secondary N) is 1. The molecule has 2 N–H and O–H groups in total. The number of aryl methyl sites for hydroxylation is 2. The number of amides is 2. The smallest absolute Gasteiger partial charge is 0.243 e. The number of phenolic OH excluding ortho intramolecular Hbond substituents is 1. The van der Waals surface area contributed by atoms with E-state index in [4.69, 9.17) is 0 Å². The first-order chi connectivity index (χ1) is 11.5. The maximum absolute atomic E-state index is 12.1. The lowest BCUT2D eigenvalue weighted by molar-refractivity contribution is -0.133. The maximum Gasteiger partial charge on any atom is 0.243 e. The highest BCUT2D eigenvalue weighted by molar-refractivity contribution is 5.94. The normalized spacial score (nSPS) is 10.2. The highest BCUT2D eigenvalue weighted by atomic mass is 16.3. The van der Waals surface area contributed by atoms with Gasteiger partial charge < -0.3 is 15.3 Å². The predicted molar refractivity (Wildman–Crippen MR) is 93.9 cm³/mol. The van der Waals surface area contributed by atoms with Crippen LogP contribution in [0.3, 0.4) is 0 Å². The fraction of sp³-hybridized carbons (Fsp3) is 0.263. The largest absolute Gasteiger partial charge is 0.508 e. The van der Waals surface area contributed by atoms with Crippen molar-refractivity contribution >= 4 is 17.5 Å². The van der Waals surface area contributed by atoms with Gasteiger partial charge in [-0.15, -0.1) is 0 Å². The highest BCUT2D eigenvalue weighted by Gasteiger charge is 2.13. The van der Waals surface area contributed by atoms with Crippen molar-refractivity contribution in [3.8, 4) is 5.75 Å². The van der Waals surface area contributed by atoms with E-state index >= 15 is 0 Å². The lowest BCUT2D eigenvalue weighted by Gasteiger charge is -2.17. The van der Waals surface area contributed by atoms with Crippen LogP contribution in [0.15, 0.2) is 48.5 Å². The molecule has 0 bridgehead atoms. The van der Waals surface area contributed by atoms with Crippen LogP contribution in [0.5, 0.6) is 5.75 Å². The van der Waals surface area contributed by atoms with Gasteiger partial charge in [-0.1, -0.05) is 35.9 Å². The Kier molecular flexibility index (Phi) is 5.95. The monoisotopic (exact) mass is 326 g/mol. The Bertz CT molecular complexity index is 711. The maximum atomic E-state index is 12.1. The summed E-state index contributed by atoms with van der Waals surface area (Å²) in [6, 6.07) is 14.4. The van der Waals surface area contributed by atoms with E-state index in [2.05, 4.69) is 5.32 Å². The Labute approximate surface area is 141 Å². The predicted octanol–water partition coefficient (Wildman–Crippen LogP) is 2.73. The summed E-state index contributed by atoms with van der Waals surface area (Å²) in [4.78, 5) is 25.5. The van der Waals surface area contributed by atoms with Gasteiger partial charge in [0.15, 0.2) is 0 Å². The third kappa shape index (κ3) is 5.12. The Hall–Kier alpha value is -2.82. The number of phenols is 1. The molecule has 2 rings (SSSR count). The molecule has 0 aliphatic heterocycles. The number of carbonyl (C=O) groups excluding carboxylic acids is 2. The van der Waals surface area contributed by atoms with Crippen molar-refractivity contribution in [2.45, 2.75) is 19.8 Å². The summed E-state index contributed by atoms with van der Waals surface area (Å²) in [6.45, 7) is 1.97. The molecule has 0 spiro atoms. The molecule has 2 aromatic rings. The van der Waals surface area contributed by atoms with Crippen LogP contribution in [0.25, 0.3) is 0 Å². The lowest BCUT2D eigenvalue weighted by Crippen LogP contribution is -2.35. The number of benzene rings is 2. The van der Waals surface area contributed by atoms with Gasteiger partial charge in [0.05, 0.1) is 6.54 Å². The van der Waals surface area contributed by atoms with Crippen molar-refractivity contribution in [1.29, 1.82) is 0 Å². The van der Waals surface area contributed by atoms with E-state index in [1.807, 2.05) is 37.3 Å². The summed E-state index contributed by atoms with van der Waals surface area (Å²) in [7, 11) is 1.60. The van der Waals surface area contributed by atoms with Crippen molar-refractivity contribution in [2.75, 3.05) is 18.9 Å². The van der Waals surface area contributed by atoms with Gasteiger partial charge in [-0.3, -0.25) is 9.59 Å². The fourth-order valence-corrected chi connectivity index (χ4v) is 2.30. The first kappa shape index (κ1) is 17.5. The summed E-state index contributed by atoms with van der Waals surface area (Å²) in [5.41, 5.74) is 2.55. The lowest BCUT2D eigenvalue weighted by atomic mass is 10.1. The zero-order valence-electron chi connectivity index (χ0n) is 14.0. The molecule has 0 unspecified atom stereocenters. The van der Waals surface area contributed by atoms with E-state index in [0.29, 0.717) is 12.1 Å². The van der Waals surface area contributed by atoms with Crippen molar-refractivity contribution in [3.63, 3.8) is 0 Å².